The zero-order chi connectivity index (χ0) is 11.7. The van der Waals surface area contributed by atoms with Gasteiger partial charge in [0, 0.05) is 10.7 Å². The molecule has 0 spiro atoms. The summed E-state index contributed by atoms with van der Waals surface area (Å²) in [6.45, 7) is 4.03. The van der Waals surface area contributed by atoms with Crippen LogP contribution < -0.4 is 0 Å². The van der Waals surface area contributed by atoms with Gasteiger partial charge in [0.25, 0.3) is 0 Å². The highest BCUT2D eigenvalue weighted by atomic mass is 35.5. The van der Waals surface area contributed by atoms with Crippen molar-refractivity contribution in [2.24, 2.45) is 0 Å². The lowest BCUT2D eigenvalue weighted by Crippen LogP contribution is -2.01. The number of aryl methyl sites for hydroxylation is 2. The van der Waals surface area contributed by atoms with Crippen molar-refractivity contribution in [3.8, 4) is 5.69 Å². The average Bonchev–Trinajstić information content (AvgIpc) is 2.60. The maximum absolute atomic E-state index is 5.93. The number of alkyl halides is 1. The molecule has 0 amide bonds. The van der Waals surface area contributed by atoms with Crippen LogP contribution in [0.15, 0.2) is 24.3 Å². The molecule has 1 aromatic heterocycles. The molecular formula is C12H12Cl2N2. The molecular weight excluding hydrogens is 243 g/mol. The monoisotopic (exact) mass is 254 g/mol. The number of hydrogen-bond donors (Lipinski definition) is 0. The molecule has 16 heavy (non-hydrogen) atoms. The van der Waals surface area contributed by atoms with Crippen LogP contribution in [0.25, 0.3) is 5.69 Å². The summed E-state index contributed by atoms with van der Waals surface area (Å²) < 4.78 is 1.89. The Morgan fingerprint density at radius 1 is 1.25 bits per heavy atom. The van der Waals surface area contributed by atoms with Gasteiger partial charge in [-0.1, -0.05) is 11.6 Å². The van der Waals surface area contributed by atoms with Gasteiger partial charge in [-0.15, -0.1) is 11.6 Å². The first-order valence-electron chi connectivity index (χ1n) is 5.00. The van der Waals surface area contributed by atoms with Crippen molar-refractivity contribution in [3.05, 3.63) is 46.2 Å². The second-order valence-electron chi connectivity index (χ2n) is 3.75. The highest BCUT2D eigenvalue weighted by Crippen LogP contribution is 2.20. The van der Waals surface area contributed by atoms with Gasteiger partial charge in [-0.25, -0.2) is 4.68 Å². The van der Waals surface area contributed by atoms with E-state index in [9.17, 15) is 0 Å². The zero-order valence-electron chi connectivity index (χ0n) is 9.17. The molecule has 0 bridgehead atoms. The molecule has 4 heteroatoms. The van der Waals surface area contributed by atoms with Crippen LogP contribution in [0.4, 0.5) is 0 Å². The van der Waals surface area contributed by atoms with Crippen LogP contribution in [0.2, 0.25) is 5.02 Å². The summed E-state index contributed by atoms with van der Waals surface area (Å²) in [5.74, 6) is 0.431. The maximum atomic E-state index is 5.93. The summed E-state index contributed by atoms with van der Waals surface area (Å²) in [6, 6.07) is 7.75. The second kappa shape index (κ2) is 4.48. The number of benzene rings is 1. The molecule has 0 N–H and O–H groups in total. The molecule has 2 aromatic rings. The fourth-order valence-electron chi connectivity index (χ4n) is 1.70. The maximum Gasteiger partial charge on any atom is 0.0779 e. The number of aromatic nitrogens is 2. The lowest BCUT2D eigenvalue weighted by Gasteiger charge is -2.08. The van der Waals surface area contributed by atoms with E-state index < -0.39 is 0 Å². The van der Waals surface area contributed by atoms with Crippen molar-refractivity contribution in [1.29, 1.82) is 0 Å². The third kappa shape index (κ3) is 2.08. The Bertz CT molecular complexity index is 518. The fourth-order valence-corrected chi connectivity index (χ4v) is 2.06. The fraction of sp³-hybridized carbons (Fsp3) is 0.250. The van der Waals surface area contributed by atoms with E-state index in [0.717, 1.165) is 27.7 Å². The van der Waals surface area contributed by atoms with E-state index in [-0.39, 0.29) is 0 Å². The van der Waals surface area contributed by atoms with E-state index in [1.165, 1.54) is 0 Å². The van der Waals surface area contributed by atoms with Gasteiger partial charge in [0.15, 0.2) is 0 Å². The molecule has 0 saturated heterocycles. The Morgan fingerprint density at radius 2 is 2.00 bits per heavy atom. The molecule has 1 aromatic carbocycles. The molecule has 0 unspecified atom stereocenters. The molecule has 0 atom stereocenters. The van der Waals surface area contributed by atoms with E-state index in [0.29, 0.717) is 5.88 Å². The van der Waals surface area contributed by atoms with Gasteiger partial charge in [-0.2, -0.15) is 5.10 Å². The van der Waals surface area contributed by atoms with Crippen LogP contribution in [0.5, 0.6) is 0 Å². The first-order chi connectivity index (χ1) is 7.61. The molecule has 0 fully saturated rings. The molecule has 0 aliphatic carbocycles. The van der Waals surface area contributed by atoms with Gasteiger partial charge in [-0.05, 0) is 43.7 Å². The molecule has 0 radical (unpaired) electrons. The Labute approximate surface area is 105 Å². The van der Waals surface area contributed by atoms with E-state index in [1.54, 1.807) is 0 Å². The van der Waals surface area contributed by atoms with Crippen molar-refractivity contribution >= 4 is 23.2 Å². The minimum absolute atomic E-state index is 0.431. The Balaban J connectivity index is 2.53. The van der Waals surface area contributed by atoms with Gasteiger partial charge >= 0.3 is 0 Å². The summed E-state index contributed by atoms with van der Waals surface area (Å²) in [5, 5.41) is 5.17. The van der Waals surface area contributed by atoms with Gasteiger partial charge in [0.1, 0.15) is 0 Å². The normalized spacial score (nSPS) is 10.8. The van der Waals surface area contributed by atoms with Crippen LogP contribution >= 0.6 is 23.2 Å². The number of halogens is 2. The average molecular weight is 255 g/mol. The van der Waals surface area contributed by atoms with Crippen LogP contribution in [0.1, 0.15) is 17.0 Å². The quantitative estimate of drug-likeness (QED) is 0.744. The summed E-state index contributed by atoms with van der Waals surface area (Å²) in [6.07, 6.45) is 0. The molecule has 0 aliphatic heterocycles. The van der Waals surface area contributed by atoms with Crippen LogP contribution in [0.3, 0.4) is 0 Å². The van der Waals surface area contributed by atoms with Crippen molar-refractivity contribution < 1.29 is 0 Å². The molecule has 84 valence electrons. The summed E-state index contributed by atoms with van der Waals surface area (Å²) in [7, 11) is 0. The number of nitrogens with zero attached hydrogens (tertiary/aromatic N) is 2. The number of hydrogen-bond acceptors (Lipinski definition) is 1. The highest BCUT2D eigenvalue weighted by molar-refractivity contribution is 6.30. The predicted octanol–water partition coefficient (Wildman–Crippen LogP) is 3.88. The minimum atomic E-state index is 0.431. The van der Waals surface area contributed by atoms with E-state index in [4.69, 9.17) is 23.2 Å². The van der Waals surface area contributed by atoms with E-state index in [2.05, 4.69) is 5.10 Å². The lowest BCUT2D eigenvalue weighted by atomic mass is 10.2. The van der Waals surface area contributed by atoms with Crippen molar-refractivity contribution in [2.75, 3.05) is 0 Å². The summed E-state index contributed by atoms with van der Waals surface area (Å²) >= 11 is 11.7. The zero-order valence-corrected chi connectivity index (χ0v) is 10.7. The largest absolute Gasteiger partial charge is 0.238 e. The molecule has 0 saturated carbocycles. The first kappa shape index (κ1) is 11.5. The third-order valence-electron chi connectivity index (χ3n) is 2.46. The smallest absolute Gasteiger partial charge is 0.0779 e. The third-order valence-corrected chi connectivity index (χ3v) is 2.97. The minimum Gasteiger partial charge on any atom is -0.238 e. The van der Waals surface area contributed by atoms with Crippen molar-refractivity contribution in [1.82, 2.24) is 9.78 Å². The summed E-state index contributed by atoms with van der Waals surface area (Å²) in [4.78, 5) is 0. The van der Waals surface area contributed by atoms with Gasteiger partial charge in [0.2, 0.25) is 0 Å². The van der Waals surface area contributed by atoms with Crippen LogP contribution in [-0.4, -0.2) is 9.78 Å². The van der Waals surface area contributed by atoms with Gasteiger partial charge in [-0.3, -0.25) is 0 Å². The van der Waals surface area contributed by atoms with Gasteiger partial charge < -0.3 is 0 Å². The lowest BCUT2D eigenvalue weighted by molar-refractivity contribution is 0.825. The van der Waals surface area contributed by atoms with E-state index in [1.807, 2.05) is 42.8 Å². The highest BCUT2D eigenvalue weighted by Gasteiger charge is 2.07. The molecule has 2 nitrogen and oxygen atoms in total. The predicted molar refractivity (Wildman–Crippen MR) is 67.6 cm³/mol. The first-order valence-corrected chi connectivity index (χ1v) is 5.91. The SMILES string of the molecule is Cc1cc(Cl)ccc1-n1nc(CCl)cc1C. The topological polar surface area (TPSA) is 17.8 Å². The van der Waals surface area contributed by atoms with Crippen LogP contribution in [0, 0.1) is 13.8 Å². The summed E-state index contributed by atoms with van der Waals surface area (Å²) in [5.41, 5.74) is 4.09. The Hall–Kier alpha value is -0.990. The van der Waals surface area contributed by atoms with E-state index >= 15 is 0 Å². The van der Waals surface area contributed by atoms with Crippen LogP contribution in [-0.2, 0) is 5.88 Å². The molecule has 0 aliphatic rings. The standard InChI is InChI=1S/C12H12Cl2N2/c1-8-5-10(14)3-4-12(8)16-9(2)6-11(7-13)15-16/h3-6H,7H2,1-2H3. The molecule has 1 heterocycles. The Morgan fingerprint density at radius 3 is 2.56 bits per heavy atom. The van der Waals surface area contributed by atoms with Crippen molar-refractivity contribution in [3.63, 3.8) is 0 Å². The van der Waals surface area contributed by atoms with Gasteiger partial charge in [0.05, 0.1) is 17.3 Å². The van der Waals surface area contributed by atoms with Crippen molar-refractivity contribution in [2.45, 2.75) is 19.7 Å². The second-order valence-corrected chi connectivity index (χ2v) is 4.46. The molecule has 2 rings (SSSR count). The number of rotatable bonds is 2. The Kier molecular flexibility index (Phi) is 3.22.